The van der Waals surface area contributed by atoms with Gasteiger partial charge in [0.15, 0.2) is 12.1 Å². The van der Waals surface area contributed by atoms with E-state index in [2.05, 4.69) is 5.32 Å². The van der Waals surface area contributed by atoms with E-state index in [1.807, 2.05) is 0 Å². The quantitative estimate of drug-likeness (QED) is 0.276. The number of ketones is 3. The Labute approximate surface area is 342 Å². The van der Waals surface area contributed by atoms with Crippen LogP contribution in [0.15, 0.2) is 40.8 Å². The molecule has 13 atom stereocenters. The van der Waals surface area contributed by atoms with E-state index in [1.165, 1.54) is 53.2 Å². The minimum Gasteiger partial charge on any atom is -0.507 e. The second kappa shape index (κ2) is 16.7. The Kier molecular flexibility index (Phi) is 12.4. The van der Waals surface area contributed by atoms with E-state index in [9.17, 15) is 44.4 Å². The number of phenolic OH excluding ortho intramolecular Hbond substituents is 1. The summed E-state index contributed by atoms with van der Waals surface area (Å²) in [5, 5.41) is 47.2. The van der Waals surface area contributed by atoms with Crippen molar-refractivity contribution in [2.24, 2.45) is 34.6 Å². The lowest BCUT2D eigenvalue weighted by molar-refractivity contribution is -0.162. The van der Waals surface area contributed by atoms with Gasteiger partial charge in [0, 0.05) is 67.7 Å². The predicted octanol–water partition coefficient (Wildman–Crippen LogP) is 3.14. The number of esters is 1. The zero-order valence-electron chi connectivity index (χ0n) is 34.7. The molecule has 2 aliphatic carbocycles. The summed E-state index contributed by atoms with van der Waals surface area (Å²) in [5.41, 5.74) is -0.683. The first-order valence-corrected chi connectivity index (χ1v) is 20.0. The second-order valence-corrected chi connectivity index (χ2v) is 16.6. The van der Waals surface area contributed by atoms with Gasteiger partial charge in [-0.1, -0.05) is 20.8 Å². The van der Waals surface area contributed by atoms with Gasteiger partial charge >= 0.3 is 11.8 Å². The van der Waals surface area contributed by atoms with Crippen LogP contribution in [0.3, 0.4) is 0 Å². The number of nitrogens with zero attached hydrogens (tertiary/aromatic N) is 1. The number of carbonyl (C=O) groups excluding carboxylic acids is 5. The maximum absolute atomic E-state index is 14.5. The molecule has 1 amide bonds. The number of benzene rings is 1. The third-order valence-corrected chi connectivity index (χ3v) is 12.4. The van der Waals surface area contributed by atoms with Gasteiger partial charge in [-0.05, 0) is 57.8 Å². The number of ether oxygens (including phenoxy) is 5. The largest absolute Gasteiger partial charge is 0.507 e. The first-order chi connectivity index (χ1) is 27.7. The number of methoxy groups -OCH3 is 1. The van der Waals surface area contributed by atoms with Gasteiger partial charge in [-0.2, -0.15) is 0 Å². The highest BCUT2D eigenvalue weighted by Gasteiger charge is 2.52. The van der Waals surface area contributed by atoms with Crippen LogP contribution in [0, 0.1) is 36.5 Å². The van der Waals surface area contributed by atoms with Crippen LogP contribution < -0.4 is 10.1 Å². The third-order valence-electron chi connectivity index (χ3n) is 12.4. The van der Waals surface area contributed by atoms with Crippen molar-refractivity contribution in [1.82, 2.24) is 5.32 Å². The fraction of sp³-hybridized carbons (Fsp3) is 0.581. The maximum atomic E-state index is 14.5. The molecule has 4 aliphatic heterocycles. The van der Waals surface area contributed by atoms with Crippen LogP contribution in [0.4, 0.5) is 0 Å². The van der Waals surface area contributed by atoms with Crippen LogP contribution in [0.25, 0.3) is 0 Å². The summed E-state index contributed by atoms with van der Waals surface area (Å²) < 4.78 is 29.3. The molecule has 5 N–H and O–H groups in total. The van der Waals surface area contributed by atoms with Crippen LogP contribution in [-0.2, 0) is 33.3 Å². The third kappa shape index (κ3) is 8.25. The number of aliphatic hydroxyl groups is 3. The van der Waals surface area contributed by atoms with Gasteiger partial charge in [-0.3, -0.25) is 29.0 Å². The Morgan fingerprint density at radius 2 is 1.64 bits per heavy atom. The molecular formula is C43H54N2O14. The highest BCUT2D eigenvalue weighted by molar-refractivity contribution is 6.32. The molecule has 0 spiro atoms. The van der Waals surface area contributed by atoms with E-state index < -0.39 is 113 Å². The zero-order valence-corrected chi connectivity index (χ0v) is 34.7. The Morgan fingerprint density at radius 1 is 0.949 bits per heavy atom. The fourth-order valence-electron chi connectivity index (χ4n) is 8.69. The number of allylic oxidation sites excluding steroid dienone is 3. The number of hydrogen-bond acceptors (Lipinski definition) is 15. The number of hydrogen-bond donors (Lipinski definition) is 5. The molecule has 320 valence electrons. The van der Waals surface area contributed by atoms with E-state index in [1.54, 1.807) is 27.7 Å². The lowest BCUT2D eigenvalue weighted by Crippen LogP contribution is -2.46. The van der Waals surface area contributed by atoms with Crippen molar-refractivity contribution < 1.29 is 68.1 Å². The normalized spacial score (nSPS) is 38.1. The minimum atomic E-state index is -2.03. The fourth-order valence-corrected chi connectivity index (χ4v) is 8.69. The maximum Gasteiger partial charge on any atom is 0.312 e. The molecule has 16 heteroatoms. The van der Waals surface area contributed by atoms with E-state index in [-0.39, 0.29) is 51.4 Å². The van der Waals surface area contributed by atoms with Crippen molar-refractivity contribution in [2.45, 2.75) is 123 Å². The number of rotatable bonds is 3. The topological polar surface area (TPSA) is 237 Å². The molecule has 1 aromatic carbocycles. The van der Waals surface area contributed by atoms with Crippen molar-refractivity contribution in [3.05, 3.63) is 58.0 Å². The molecule has 1 aromatic rings. The van der Waals surface area contributed by atoms with Crippen LogP contribution in [-0.4, -0.2) is 111 Å². The Morgan fingerprint density at radius 3 is 2.29 bits per heavy atom. The number of amides is 1. The van der Waals surface area contributed by atoms with E-state index in [0.29, 0.717) is 12.8 Å². The standard InChI is InChI=1S/C43H54N2O14/c1-17-14-29(47)24-15-25(24)36(50)19(3)35(49)20(4)39(58-23(7)46)18(2)30(55-9)12-13-56-43(8)41(53)34-32-27(44-26-10-11-31(48)57-22(26)6)16-28(45-42(17)54)38(52)33(32)37(51)21(5)40(34)59-43/h12-14,16,18-20,22,24-26,30-31,35-36,39,48-51H,10-11,15H2,1-9H3,(H,45,54)/b13-12?,17-14-,44-27?/t18-,19+,20-,22+,24-,25+,26-,30+,31+,35-,36-,39-,43+/m1/s1. The van der Waals surface area contributed by atoms with Crippen molar-refractivity contribution in [3.63, 3.8) is 0 Å². The molecule has 0 radical (unpaired) electrons. The summed E-state index contributed by atoms with van der Waals surface area (Å²) in [6, 6.07) is -0.576. The van der Waals surface area contributed by atoms with E-state index in [4.69, 9.17) is 28.7 Å². The van der Waals surface area contributed by atoms with E-state index in [0.717, 1.165) is 6.08 Å². The molecule has 2 fully saturated rings. The molecule has 16 nitrogen and oxygen atoms in total. The summed E-state index contributed by atoms with van der Waals surface area (Å²) in [6.45, 7) is 12.2. The molecular weight excluding hydrogens is 768 g/mol. The number of Topliss-reactive ketones (excluding diaryl/α,β-unsaturated/α-hetero) is 2. The number of aliphatic imine (C=N–C) groups is 1. The molecule has 7 rings (SSSR count). The second-order valence-electron chi connectivity index (χ2n) is 16.6. The molecule has 4 heterocycles. The highest BCUT2D eigenvalue weighted by atomic mass is 16.7. The van der Waals surface area contributed by atoms with Crippen LogP contribution in [0.5, 0.6) is 11.5 Å². The van der Waals surface area contributed by atoms with Crippen LogP contribution >= 0.6 is 0 Å². The summed E-state index contributed by atoms with van der Waals surface area (Å²) in [7, 11) is 1.42. The molecule has 0 aromatic heterocycles. The molecule has 0 unspecified atom stereocenters. The summed E-state index contributed by atoms with van der Waals surface area (Å²) in [5.74, 6) is -9.25. The van der Waals surface area contributed by atoms with Gasteiger partial charge in [0.2, 0.25) is 5.78 Å². The van der Waals surface area contributed by atoms with Gasteiger partial charge in [0.25, 0.3) is 11.7 Å². The lowest BCUT2D eigenvalue weighted by Gasteiger charge is -2.37. The van der Waals surface area contributed by atoms with E-state index >= 15 is 0 Å². The van der Waals surface area contributed by atoms with Gasteiger partial charge in [-0.25, -0.2) is 0 Å². The van der Waals surface area contributed by atoms with Crippen molar-refractivity contribution >= 4 is 34.9 Å². The summed E-state index contributed by atoms with van der Waals surface area (Å²) >= 11 is 0. The van der Waals surface area contributed by atoms with Gasteiger partial charge in [0.1, 0.15) is 17.6 Å². The van der Waals surface area contributed by atoms with Gasteiger partial charge < -0.3 is 49.4 Å². The average Bonchev–Trinajstić information content (AvgIpc) is 3.94. The Bertz CT molecular complexity index is 2050. The Balaban J connectivity index is 1.48. The van der Waals surface area contributed by atoms with Crippen molar-refractivity contribution in [1.29, 1.82) is 0 Å². The molecule has 5 bridgehead atoms. The SMILES string of the molecule is CO[C@H]1C=CO[C@@]2(C)Oc3c(C)c(O)c4c(c3C2=O)C(=N[C@@H]2CC[C@@H](O)O[C@H]2C)C=C(NC(=O)/C(C)=C\C(=O)[C@@H]2C[C@@H]2[C@H](O)[C@@H](C)[C@@H](O)[C@@H](C)[C@H](OC(C)=O)[C@@H]1C)C4=O. The number of phenols is 1. The number of aromatic hydroxyl groups is 1. The number of fused-ring (bicyclic) bond motifs is 12. The van der Waals surface area contributed by atoms with Gasteiger partial charge in [0.05, 0.1) is 59.3 Å². The first kappa shape index (κ1) is 43.8. The average molecular weight is 823 g/mol. The monoisotopic (exact) mass is 822 g/mol. The lowest BCUT2D eigenvalue weighted by atomic mass is 9.79. The van der Waals surface area contributed by atoms with Crippen molar-refractivity contribution in [2.75, 3.05) is 7.11 Å². The molecule has 1 saturated carbocycles. The summed E-state index contributed by atoms with van der Waals surface area (Å²) in [4.78, 5) is 73.1. The molecule has 59 heavy (non-hydrogen) atoms. The molecule has 6 aliphatic rings. The number of aliphatic hydroxyl groups excluding tert-OH is 3. The van der Waals surface area contributed by atoms with Crippen molar-refractivity contribution in [3.8, 4) is 11.5 Å². The zero-order chi connectivity index (χ0) is 43.4. The first-order valence-electron chi connectivity index (χ1n) is 20.0. The number of nitrogens with one attached hydrogen (secondary N) is 1. The smallest absolute Gasteiger partial charge is 0.312 e. The minimum absolute atomic E-state index is 0.0441. The Hall–Kier alpha value is -4.74. The van der Waals surface area contributed by atoms with Crippen LogP contribution in [0.1, 0.15) is 99.6 Å². The molecule has 1 saturated heterocycles. The van der Waals surface area contributed by atoms with Gasteiger partial charge in [-0.15, -0.1) is 0 Å². The van der Waals surface area contributed by atoms with Crippen LogP contribution in [0.2, 0.25) is 0 Å². The number of carbonyl (C=O) groups is 5. The predicted molar refractivity (Wildman–Crippen MR) is 209 cm³/mol. The summed E-state index contributed by atoms with van der Waals surface area (Å²) in [6.07, 6.45) is 0.385. The highest BCUT2D eigenvalue weighted by Crippen LogP contribution is 2.49.